The van der Waals surface area contributed by atoms with Crippen LogP contribution in [0.3, 0.4) is 0 Å². The molecular weight excluding hydrogens is 247 g/mol. The summed E-state index contributed by atoms with van der Waals surface area (Å²) in [6.45, 7) is 4.25. The minimum Gasteiger partial charge on any atom is -0.481 e. The van der Waals surface area contributed by atoms with Crippen molar-refractivity contribution < 1.29 is 13.9 Å². The molecule has 0 aromatic heterocycles. The SMILES string of the molecule is CCCCNC(=O)COc1ccc([C@@H](C)N)cc1F. The van der Waals surface area contributed by atoms with E-state index in [-0.39, 0.29) is 24.3 Å². The zero-order chi connectivity index (χ0) is 14.3. The molecular formula is C14H21FN2O2. The number of hydrogen-bond donors (Lipinski definition) is 2. The van der Waals surface area contributed by atoms with Crippen LogP contribution in [-0.2, 0) is 4.79 Å². The Bertz CT molecular complexity index is 422. The average molecular weight is 268 g/mol. The maximum atomic E-state index is 13.7. The standard InChI is InChI=1S/C14H21FN2O2/c1-3-4-7-17-14(18)9-19-13-6-5-11(10(2)16)8-12(13)15/h5-6,8,10H,3-4,7,9,16H2,1-2H3,(H,17,18)/t10-/m1/s1. The third-order valence-electron chi connectivity index (χ3n) is 2.69. The Hall–Kier alpha value is -1.62. The first-order valence-electron chi connectivity index (χ1n) is 6.49. The average Bonchev–Trinajstić information content (AvgIpc) is 2.37. The summed E-state index contributed by atoms with van der Waals surface area (Å²) in [6.07, 6.45) is 1.93. The molecule has 1 aromatic carbocycles. The Labute approximate surface area is 113 Å². The quantitative estimate of drug-likeness (QED) is 0.745. The molecule has 5 heteroatoms. The first-order valence-corrected chi connectivity index (χ1v) is 6.49. The molecule has 0 unspecified atom stereocenters. The van der Waals surface area contributed by atoms with Crippen LogP contribution in [0.5, 0.6) is 5.75 Å². The fourth-order valence-corrected chi connectivity index (χ4v) is 1.52. The fourth-order valence-electron chi connectivity index (χ4n) is 1.52. The normalized spacial score (nSPS) is 12.0. The third-order valence-corrected chi connectivity index (χ3v) is 2.69. The molecule has 0 heterocycles. The van der Waals surface area contributed by atoms with Gasteiger partial charge in [0, 0.05) is 12.6 Å². The van der Waals surface area contributed by atoms with Crippen LogP contribution in [0.25, 0.3) is 0 Å². The third kappa shape index (κ3) is 5.26. The molecule has 0 fully saturated rings. The molecule has 1 rings (SSSR count). The summed E-state index contributed by atoms with van der Waals surface area (Å²) in [7, 11) is 0. The van der Waals surface area contributed by atoms with E-state index in [1.54, 1.807) is 13.0 Å². The summed E-state index contributed by atoms with van der Waals surface area (Å²) in [5.41, 5.74) is 6.34. The lowest BCUT2D eigenvalue weighted by Gasteiger charge is -2.10. The zero-order valence-corrected chi connectivity index (χ0v) is 11.4. The molecule has 0 aliphatic carbocycles. The van der Waals surface area contributed by atoms with E-state index in [1.807, 2.05) is 6.92 Å². The first-order chi connectivity index (χ1) is 9.04. The lowest BCUT2D eigenvalue weighted by molar-refractivity contribution is -0.123. The molecule has 106 valence electrons. The summed E-state index contributed by atoms with van der Waals surface area (Å²) in [5, 5.41) is 2.70. The number of ether oxygens (including phenoxy) is 1. The second-order valence-electron chi connectivity index (χ2n) is 4.47. The highest BCUT2D eigenvalue weighted by molar-refractivity contribution is 5.77. The Morgan fingerprint density at radius 2 is 2.26 bits per heavy atom. The van der Waals surface area contributed by atoms with Crippen molar-refractivity contribution in [3.05, 3.63) is 29.6 Å². The summed E-state index contributed by atoms with van der Waals surface area (Å²) >= 11 is 0. The van der Waals surface area contributed by atoms with E-state index < -0.39 is 5.82 Å². The second-order valence-corrected chi connectivity index (χ2v) is 4.47. The van der Waals surface area contributed by atoms with Gasteiger partial charge in [-0.25, -0.2) is 4.39 Å². The molecule has 0 aliphatic heterocycles. The minimum atomic E-state index is -0.504. The van der Waals surface area contributed by atoms with Crippen LogP contribution in [0.4, 0.5) is 4.39 Å². The van der Waals surface area contributed by atoms with Crippen LogP contribution in [-0.4, -0.2) is 19.1 Å². The number of halogens is 1. The van der Waals surface area contributed by atoms with Gasteiger partial charge in [-0.05, 0) is 31.0 Å². The van der Waals surface area contributed by atoms with Gasteiger partial charge in [0.05, 0.1) is 0 Å². The van der Waals surface area contributed by atoms with E-state index >= 15 is 0 Å². The second kappa shape index (κ2) is 7.74. The van der Waals surface area contributed by atoms with E-state index in [2.05, 4.69) is 5.32 Å². The van der Waals surface area contributed by atoms with Crippen molar-refractivity contribution in [2.24, 2.45) is 5.73 Å². The van der Waals surface area contributed by atoms with Gasteiger partial charge in [-0.2, -0.15) is 0 Å². The molecule has 19 heavy (non-hydrogen) atoms. The number of benzene rings is 1. The molecule has 1 aromatic rings. The Morgan fingerprint density at radius 1 is 1.53 bits per heavy atom. The van der Waals surface area contributed by atoms with E-state index in [9.17, 15) is 9.18 Å². The van der Waals surface area contributed by atoms with Crippen molar-refractivity contribution in [1.82, 2.24) is 5.32 Å². The molecule has 0 spiro atoms. The molecule has 4 nitrogen and oxygen atoms in total. The number of amides is 1. The molecule has 0 saturated carbocycles. The van der Waals surface area contributed by atoms with Crippen LogP contribution >= 0.6 is 0 Å². The number of rotatable bonds is 7. The van der Waals surface area contributed by atoms with Crippen molar-refractivity contribution in [3.63, 3.8) is 0 Å². The van der Waals surface area contributed by atoms with E-state index in [0.29, 0.717) is 12.1 Å². The lowest BCUT2D eigenvalue weighted by atomic mass is 10.1. The smallest absolute Gasteiger partial charge is 0.257 e. The van der Waals surface area contributed by atoms with Crippen molar-refractivity contribution in [2.75, 3.05) is 13.2 Å². The molecule has 1 atom stereocenters. The van der Waals surface area contributed by atoms with E-state index in [0.717, 1.165) is 12.8 Å². The highest BCUT2D eigenvalue weighted by atomic mass is 19.1. The fraction of sp³-hybridized carbons (Fsp3) is 0.500. The Morgan fingerprint density at radius 3 is 2.84 bits per heavy atom. The summed E-state index contributed by atoms with van der Waals surface area (Å²) in [6, 6.07) is 4.28. The highest BCUT2D eigenvalue weighted by Gasteiger charge is 2.09. The number of unbranched alkanes of at least 4 members (excludes halogenated alkanes) is 1. The Balaban J connectivity index is 2.47. The van der Waals surface area contributed by atoms with E-state index in [1.165, 1.54) is 12.1 Å². The summed E-state index contributed by atoms with van der Waals surface area (Å²) in [5.74, 6) is -0.685. The van der Waals surface area contributed by atoms with Gasteiger partial charge in [0.15, 0.2) is 18.2 Å². The van der Waals surface area contributed by atoms with Gasteiger partial charge in [-0.3, -0.25) is 4.79 Å². The molecule has 1 amide bonds. The summed E-state index contributed by atoms with van der Waals surface area (Å²) in [4.78, 5) is 11.4. The molecule has 0 aliphatic rings. The van der Waals surface area contributed by atoms with Gasteiger partial charge in [0.25, 0.3) is 5.91 Å². The number of nitrogens with two attached hydrogens (primary N) is 1. The van der Waals surface area contributed by atoms with Crippen molar-refractivity contribution in [3.8, 4) is 5.75 Å². The van der Waals surface area contributed by atoms with E-state index in [4.69, 9.17) is 10.5 Å². The van der Waals surface area contributed by atoms with Crippen LogP contribution < -0.4 is 15.8 Å². The minimum absolute atomic E-state index is 0.0649. The van der Waals surface area contributed by atoms with Crippen molar-refractivity contribution >= 4 is 5.91 Å². The molecule has 3 N–H and O–H groups in total. The zero-order valence-electron chi connectivity index (χ0n) is 11.4. The van der Waals surface area contributed by atoms with Gasteiger partial charge < -0.3 is 15.8 Å². The van der Waals surface area contributed by atoms with Crippen molar-refractivity contribution in [1.29, 1.82) is 0 Å². The first kappa shape index (κ1) is 15.4. The summed E-state index contributed by atoms with van der Waals surface area (Å²) < 4.78 is 18.8. The van der Waals surface area contributed by atoms with Gasteiger partial charge in [-0.15, -0.1) is 0 Å². The van der Waals surface area contributed by atoms with Gasteiger partial charge in [0.2, 0.25) is 0 Å². The van der Waals surface area contributed by atoms with Crippen LogP contribution in [0.15, 0.2) is 18.2 Å². The predicted octanol–water partition coefficient (Wildman–Crippen LogP) is 2.14. The topological polar surface area (TPSA) is 64.3 Å². The van der Waals surface area contributed by atoms with Gasteiger partial charge >= 0.3 is 0 Å². The largest absolute Gasteiger partial charge is 0.481 e. The van der Waals surface area contributed by atoms with Gasteiger partial charge in [0.1, 0.15) is 0 Å². The molecule has 0 radical (unpaired) electrons. The lowest BCUT2D eigenvalue weighted by Crippen LogP contribution is -2.29. The monoisotopic (exact) mass is 268 g/mol. The number of hydrogen-bond acceptors (Lipinski definition) is 3. The van der Waals surface area contributed by atoms with Crippen LogP contribution in [0.1, 0.15) is 38.3 Å². The van der Waals surface area contributed by atoms with Gasteiger partial charge in [-0.1, -0.05) is 19.4 Å². The number of carbonyl (C=O) groups excluding carboxylic acids is 1. The predicted molar refractivity (Wildman–Crippen MR) is 72.4 cm³/mol. The maximum absolute atomic E-state index is 13.7. The van der Waals surface area contributed by atoms with Crippen LogP contribution in [0, 0.1) is 5.82 Å². The van der Waals surface area contributed by atoms with Crippen LogP contribution in [0.2, 0.25) is 0 Å². The number of nitrogens with one attached hydrogen (secondary N) is 1. The Kier molecular flexibility index (Phi) is 6.29. The van der Waals surface area contributed by atoms with Crippen molar-refractivity contribution in [2.45, 2.75) is 32.7 Å². The molecule has 0 bridgehead atoms. The number of carbonyl (C=O) groups is 1. The maximum Gasteiger partial charge on any atom is 0.257 e. The highest BCUT2D eigenvalue weighted by Crippen LogP contribution is 2.20. The molecule has 0 saturated heterocycles.